The fourth-order valence-electron chi connectivity index (χ4n) is 2.51. The van der Waals surface area contributed by atoms with Crippen molar-refractivity contribution in [1.29, 1.82) is 0 Å². The molecule has 1 aliphatic carbocycles. The lowest BCUT2D eigenvalue weighted by molar-refractivity contribution is -0.143. The maximum absolute atomic E-state index is 11.6. The number of carboxylic acids is 1. The minimum absolute atomic E-state index is 0.703. The third-order valence-corrected chi connectivity index (χ3v) is 5.26. The minimum atomic E-state index is -0.705. The molecular weight excluding hydrogens is 242 g/mol. The molecule has 0 bridgehead atoms. The van der Waals surface area contributed by atoms with Crippen molar-refractivity contribution in [2.24, 2.45) is 0 Å². The van der Waals surface area contributed by atoms with E-state index in [0.717, 1.165) is 40.8 Å². The number of rotatable bonds is 2. The highest BCUT2D eigenvalue weighted by Crippen LogP contribution is 2.45. The van der Waals surface area contributed by atoms with Crippen LogP contribution in [0.2, 0.25) is 0 Å². The van der Waals surface area contributed by atoms with Crippen LogP contribution in [0.15, 0.2) is 11.4 Å². The number of aliphatic carboxylic acids is 1. The van der Waals surface area contributed by atoms with Crippen LogP contribution in [0.4, 0.5) is 0 Å². The molecule has 5 heteroatoms. The molecular formula is C11H11NO2S2. The van der Waals surface area contributed by atoms with Gasteiger partial charge in [-0.05, 0) is 35.8 Å². The van der Waals surface area contributed by atoms with Gasteiger partial charge in [-0.2, -0.15) is 4.37 Å². The van der Waals surface area contributed by atoms with Gasteiger partial charge in [0.1, 0.15) is 5.41 Å². The van der Waals surface area contributed by atoms with E-state index in [0.29, 0.717) is 0 Å². The van der Waals surface area contributed by atoms with Gasteiger partial charge in [0.05, 0.1) is 15.1 Å². The van der Waals surface area contributed by atoms with Gasteiger partial charge in [-0.25, -0.2) is 0 Å². The molecule has 0 radical (unpaired) electrons. The van der Waals surface area contributed by atoms with Gasteiger partial charge in [0, 0.05) is 0 Å². The van der Waals surface area contributed by atoms with Crippen LogP contribution in [0.1, 0.15) is 31.4 Å². The summed E-state index contributed by atoms with van der Waals surface area (Å²) >= 11 is 3.03. The van der Waals surface area contributed by atoms with Gasteiger partial charge in [0.2, 0.25) is 0 Å². The number of aromatic nitrogens is 1. The van der Waals surface area contributed by atoms with Crippen LogP contribution in [0.25, 0.3) is 9.40 Å². The van der Waals surface area contributed by atoms with E-state index in [1.807, 2.05) is 11.4 Å². The number of hydrogen-bond acceptors (Lipinski definition) is 4. The SMILES string of the molecule is O=C(O)C1(c2nsc3ccsc23)CCCC1. The molecule has 16 heavy (non-hydrogen) atoms. The Balaban J connectivity index is 2.21. The van der Waals surface area contributed by atoms with Gasteiger partial charge in [-0.3, -0.25) is 4.79 Å². The first kappa shape index (κ1) is 10.2. The lowest BCUT2D eigenvalue weighted by Gasteiger charge is -2.21. The molecule has 3 rings (SSSR count). The largest absolute Gasteiger partial charge is 0.481 e. The summed E-state index contributed by atoms with van der Waals surface area (Å²) in [6.07, 6.45) is 3.46. The van der Waals surface area contributed by atoms with Crippen LogP contribution in [0.5, 0.6) is 0 Å². The van der Waals surface area contributed by atoms with Gasteiger partial charge in [0.15, 0.2) is 0 Å². The molecule has 1 fully saturated rings. The molecule has 0 saturated heterocycles. The average molecular weight is 253 g/mol. The monoisotopic (exact) mass is 253 g/mol. The van der Waals surface area contributed by atoms with Crippen LogP contribution >= 0.6 is 22.9 Å². The molecule has 1 saturated carbocycles. The second-order valence-electron chi connectivity index (χ2n) is 4.24. The smallest absolute Gasteiger partial charge is 0.315 e. The van der Waals surface area contributed by atoms with E-state index in [1.54, 1.807) is 11.3 Å². The summed E-state index contributed by atoms with van der Waals surface area (Å²) in [5, 5.41) is 11.5. The molecule has 0 spiro atoms. The van der Waals surface area contributed by atoms with Crippen molar-refractivity contribution in [3.63, 3.8) is 0 Å². The molecule has 2 heterocycles. The van der Waals surface area contributed by atoms with Crippen LogP contribution in [0, 0.1) is 0 Å². The Labute approximate surface area is 101 Å². The molecule has 2 aromatic rings. The normalized spacial score (nSPS) is 19.2. The Kier molecular flexibility index (Phi) is 2.26. The van der Waals surface area contributed by atoms with E-state index in [-0.39, 0.29) is 0 Å². The highest BCUT2D eigenvalue weighted by atomic mass is 32.1. The summed E-state index contributed by atoms with van der Waals surface area (Å²) in [4.78, 5) is 11.6. The predicted molar refractivity (Wildman–Crippen MR) is 65.3 cm³/mol. The summed E-state index contributed by atoms with van der Waals surface area (Å²) in [6, 6.07) is 2.02. The van der Waals surface area contributed by atoms with E-state index in [9.17, 15) is 9.90 Å². The Bertz CT molecular complexity index is 537. The quantitative estimate of drug-likeness (QED) is 0.893. The van der Waals surface area contributed by atoms with Gasteiger partial charge >= 0.3 is 5.97 Å². The second-order valence-corrected chi connectivity index (χ2v) is 5.96. The first-order valence-electron chi connectivity index (χ1n) is 5.31. The maximum atomic E-state index is 11.6. The van der Waals surface area contributed by atoms with Crippen molar-refractivity contribution in [2.45, 2.75) is 31.1 Å². The van der Waals surface area contributed by atoms with E-state index in [4.69, 9.17) is 0 Å². The number of fused-ring (bicyclic) bond motifs is 1. The Morgan fingerprint density at radius 3 is 2.88 bits per heavy atom. The molecule has 0 atom stereocenters. The van der Waals surface area contributed by atoms with Crippen LogP contribution in [-0.4, -0.2) is 15.4 Å². The fraction of sp³-hybridized carbons (Fsp3) is 0.455. The number of carbonyl (C=O) groups is 1. The number of thiophene rings is 1. The standard InChI is InChI=1S/C11H11NO2S2/c13-10(14)11(4-1-2-5-11)9-8-7(16-12-9)3-6-15-8/h3,6H,1-2,4-5H2,(H,13,14). The molecule has 0 aliphatic heterocycles. The first-order chi connectivity index (χ1) is 7.74. The summed E-state index contributed by atoms with van der Waals surface area (Å²) < 4.78 is 6.60. The van der Waals surface area contributed by atoms with Crippen LogP contribution in [-0.2, 0) is 10.2 Å². The Morgan fingerprint density at radius 2 is 2.19 bits per heavy atom. The molecule has 0 aromatic carbocycles. The topological polar surface area (TPSA) is 50.2 Å². The van der Waals surface area contributed by atoms with Crippen molar-refractivity contribution < 1.29 is 9.90 Å². The fourth-order valence-corrected chi connectivity index (χ4v) is 4.55. The van der Waals surface area contributed by atoms with Crippen LogP contribution < -0.4 is 0 Å². The Morgan fingerprint density at radius 1 is 1.44 bits per heavy atom. The van der Waals surface area contributed by atoms with Gasteiger partial charge in [0.25, 0.3) is 0 Å². The number of nitrogens with zero attached hydrogens (tertiary/aromatic N) is 1. The molecule has 1 aliphatic rings. The molecule has 0 unspecified atom stereocenters. The van der Waals surface area contributed by atoms with E-state index in [1.165, 1.54) is 11.5 Å². The van der Waals surface area contributed by atoms with Crippen molar-refractivity contribution in [1.82, 2.24) is 4.37 Å². The zero-order valence-corrected chi connectivity index (χ0v) is 10.2. The minimum Gasteiger partial charge on any atom is -0.481 e. The van der Waals surface area contributed by atoms with Gasteiger partial charge < -0.3 is 5.11 Å². The molecule has 2 aromatic heterocycles. The van der Waals surface area contributed by atoms with Crippen molar-refractivity contribution in [2.75, 3.05) is 0 Å². The van der Waals surface area contributed by atoms with E-state index >= 15 is 0 Å². The lowest BCUT2D eigenvalue weighted by atomic mass is 9.83. The van der Waals surface area contributed by atoms with E-state index in [2.05, 4.69) is 4.37 Å². The van der Waals surface area contributed by atoms with Crippen molar-refractivity contribution in [3.8, 4) is 0 Å². The maximum Gasteiger partial charge on any atom is 0.315 e. The highest BCUT2D eigenvalue weighted by Gasteiger charge is 2.46. The van der Waals surface area contributed by atoms with Gasteiger partial charge in [-0.15, -0.1) is 11.3 Å². The number of hydrogen-bond donors (Lipinski definition) is 1. The van der Waals surface area contributed by atoms with Crippen LogP contribution in [0.3, 0.4) is 0 Å². The highest BCUT2D eigenvalue weighted by molar-refractivity contribution is 7.24. The third-order valence-electron chi connectivity index (χ3n) is 3.40. The molecule has 0 amide bonds. The van der Waals surface area contributed by atoms with E-state index < -0.39 is 11.4 Å². The molecule has 84 valence electrons. The van der Waals surface area contributed by atoms with Gasteiger partial charge in [-0.1, -0.05) is 12.8 Å². The summed E-state index contributed by atoms with van der Waals surface area (Å²) in [6.45, 7) is 0. The summed E-state index contributed by atoms with van der Waals surface area (Å²) in [5.41, 5.74) is 0.107. The summed E-state index contributed by atoms with van der Waals surface area (Å²) in [7, 11) is 0. The second kappa shape index (κ2) is 3.53. The first-order valence-corrected chi connectivity index (χ1v) is 6.96. The third kappa shape index (κ3) is 1.25. The molecule has 1 N–H and O–H groups in total. The zero-order valence-electron chi connectivity index (χ0n) is 8.60. The molecule has 3 nitrogen and oxygen atoms in total. The lowest BCUT2D eigenvalue weighted by Crippen LogP contribution is -2.32. The number of carboxylic acid groups (broad SMARTS) is 1. The van der Waals surface area contributed by atoms with Crippen molar-refractivity contribution >= 4 is 38.2 Å². The Hall–Kier alpha value is -0.940. The predicted octanol–water partition coefficient (Wildman–Crippen LogP) is 3.25. The van der Waals surface area contributed by atoms with Crippen molar-refractivity contribution in [3.05, 3.63) is 17.1 Å². The zero-order chi connectivity index (χ0) is 11.2. The summed E-state index contributed by atoms with van der Waals surface area (Å²) in [5.74, 6) is -0.703. The average Bonchev–Trinajstić information content (AvgIpc) is 2.93.